The Hall–Kier alpha value is -0.930. The smallest absolute Gasteiger partial charge is 0.103 e. The summed E-state index contributed by atoms with van der Waals surface area (Å²) in [7, 11) is 0. The molecular weight excluding hydrogens is 228 g/mol. The van der Waals surface area contributed by atoms with Gasteiger partial charge in [0.05, 0.1) is 0 Å². The largest absolute Gasteiger partial charge is 0.389 e. The van der Waals surface area contributed by atoms with Gasteiger partial charge in [0.2, 0.25) is 0 Å². The van der Waals surface area contributed by atoms with Crippen LogP contribution in [0.2, 0.25) is 0 Å². The maximum Gasteiger partial charge on any atom is 0.103 e. The molecule has 1 saturated heterocycles. The predicted molar refractivity (Wildman–Crippen MR) is 76.0 cm³/mol. The van der Waals surface area contributed by atoms with Crippen LogP contribution in [0.1, 0.15) is 31.4 Å². The van der Waals surface area contributed by atoms with Gasteiger partial charge in [-0.05, 0) is 30.9 Å². The summed E-state index contributed by atoms with van der Waals surface area (Å²) in [4.78, 5) is 3.01. The van der Waals surface area contributed by atoms with E-state index in [-0.39, 0.29) is 0 Å². The number of nitrogens with zero attached hydrogens (tertiary/aromatic N) is 1. The second kappa shape index (κ2) is 5.15. The Labute approximate surface area is 109 Å². The third-order valence-corrected chi connectivity index (χ3v) is 3.75. The van der Waals surface area contributed by atoms with Gasteiger partial charge in [-0.2, -0.15) is 0 Å². The summed E-state index contributed by atoms with van der Waals surface area (Å²) >= 11 is 5.01. The zero-order chi connectivity index (χ0) is 12.4. The van der Waals surface area contributed by atoms with Crippen molar-refractivity contribution in [3.63, 3.8) is 0 Å². The number of rotatable bonds is 3. The average molecular weight is 248 g/mol. The van der Waals surface area contributed by atoms with Gasteiger partial charge in [0.1, 0.15) is 4.99 Å². The number of thiocarbonyl (C=S) groups is 1. The second-order valence-corrected chi connectivity index (χ2v) is 5.62. The van der Waals surface area contributed by atoms with Crippen LogP contribution in [0.25, 0.3) is 0 Å². The van der Waals surface area contributed by atoms with Crippen LogP contribution in [0.3, 0.4) is 0 Å². The zero-order valence-electron chi connectivity index (χ0n) is 10.5. The van der Waals surface area contributed by atoms with E-state index in [1.807, 2.05) is 12.1 Å². The molecule has 1 fully saturated rings. The molecule has 1 aromatic carbocycles. The molecule has 2 nitrogen and oxygen atoms in total. The van der Waals surface area contributed by atoms with Crippen LogP contribution < -0.4 is 5.73 Å². The summed E-state index contributed by atoms with van der Waals surface area (Å²) in [5.74, 6) is 0.809. The highest BCUT2D eigenvalue weighted by Crippen LogP contribution is 2.24. The maximum absolute atomic E-state index is 5.66. The molecule has 0 saturated carbocycles. The molecule has 2 rings (SSSR count). The van der Waals surface area contributed by atoms with Crippen molar-refractivity contribution in [2.24, 2.45) is 11.7 Å². The molecule has 0 bridgehead atoms. The number of nitrogens with two attached hydrogens (primary N) is 1. The van der Waals surface area contributed by atoms with Crippen LogP contribution in [0.15, 0.2) is 24.3 Å². The van der Waals surface area contributed by atoms with E-state index < -0.39 is 0 Å². The molecule has 0 spiro atoms. The quantitative estimate of drug-likeness (QED) is 0.834. The minimum absolute atomic E-state index is 0.481. The van der Waals surface area contributed by atoms with E-state index in [4.69, 9.17) is 18.0 Å². The van der Waals surface area contributed by atoms with E-state index in [1.165, 1.54) is 18.5 Å². The molecule has 1 aliphatic rings. The van der Waals surface area contributed by atoms with Crippen LogP contribution in [0.4, 0.5) is 0 Å². The molecule has 0 amide bonds. The predicted octanol–water partition coefficient (Wildman–Crippen LogP) is 2.55. The molecule has 3 heteroatoms. The molecule has 1 aliphatic heterocycles. The van der Waals surface area contributed by atoms with Gasteiger partial charge in [0.25, 0.3) is 0 Å². The van der Waals surface area contributed by atoms with Gasteiger partial charge in [0, 0.05) is 24.7 Å². The van der Waals surface area contributed by atoms with E-state index >= 15 is 0 Å². The van der Waals surface area contributed by atoms with Gasteiger partial charge >= 0.3 is 0 Å². The Kier molecular flexibility index (Phi) is 3.79. The minimum atomic E-state index is 0.481. The Morgan fingerprint density at radius 1 is 1.47 bits per heavy atom. The maximum atomic E-state index is 5.66. The molecule has 2 N–H and O–H groups in total. The van der Waals surface area contributed by atoms with Crippen LogP contribution in [-0.4, -0.2) is 22.5 Å². The topological polar surface area (TPSA) is 29.3 Å². The average Bonchev–Trinajstić information content (AvgIpc) is 2.58. The van der Waals surface area contributed by atoms with Crippen molar-refractivity contribution in [3.05, 3.63) is 35.4 Å². The first-order valence-electron chi connectivity index (χ1n) is 6.19. The van der Waals surface area contributed by atoms with Crippen molar-refractivity contribution in [2.45, 2.75) is 32.9 Å². The van der Waals surface area contributed by atoms with E-state index in [0.717, 1.165) is 18.0 Å². The summed E-state index contributed by atoms with van der Waals surface area (Å²) in [6.07, 6.45) is 1.30. The van der Waals surface area contributed by atoms with Gasteiger partial charge in [0.15, 0.2) is 0 Å². The van der Waals surface area contributed by atoms with Crippen LogP contribution in [-0.2, 0) is 6.54 Å². The fourth-order valence-corrected chi connectivity index (χ4v) is 2.79. The van der Waals surface area contributed by atoms with Gasteiger partial charge in [-0.15, -0.1) is 0 Å². The van der Waals surface area contributed by atoms with Gasteiger partial charge < -0.3 is 5.73 Å². The minimum Gasteiger partial charge on any atom is -0.389 e. The third-order valence-electron chi connectivity index (χ3n) is 3.51. The van der Waals surface area contributed by atoms with Crippen molar-refractivity contribution in [1.82, 2.24) is 4.90 Å². The number of likely N-dealkylation sites (tertiary alicyclic amines) is 1. The highest BCUT2D eigenvalue weighted by Gasteiger charge is 2.25. The lowest BCUT2D eigenvalue weighted by atomic mass is 10.1. The third kappa shape index (κ3) is 3.05. The van der Waals surface area contributed by atoms with Crippen molar-refractivity contribution in [2.75, 3.05) is 6.54 Å². The summed E-state index contributed by atoms with van der Waals surface area (Å²) < 4.78 is 0. The first kappa shape index (κ1) is 12.5. The number of hydrogen-bond acceptors (Lipinski definition) is 2. The number of benzene rings is 1. The Balaban J connectivity index is 2.08. The lowest BCUT2D eigenvalue weighted by Gasteiger charge is -2.21. The fourth-order valence-electron chi connectivity index (χ4n) is 2.66. The van der Waals surface area contributed by atoms with E-state index in [2.05, 4.69) is 30.9 Å². The lowest BCUT2D eigenvalue weighted by molar-refractivity contribution is 0.256. The van der Waals surface area contributed by atoms with Crippen molar-refractivity contribution in [1.29, 1.82) is 0 Å². The van der Waals surface area contributed by atoms with E-state index in [1.54, 1.807) is 0 Å². The van der Waals surface area contributed by atoms with Crippen molar-refractivity contribution < 1.29 is 0 Å². The molecular formula is C14H20N2S. The summed E-state index contributed by atoms with van der Waals surface area (Å²) in [5.41, 5.74) is 7.93. The lowest BCUT2D eigenvalue weighted by Crippen LogP contribution is -2.26. The molecule has 2 unspecified atom stereocenters. The summed E-state index contributed by atoms with van der Waals surface area (Å²) in [6.45, 7) is 6.82. The normalized spacial score (nSPS) is 25.1. The zero-order valence-corrected chi connectivity index (χ0v) is 11.3. The van der Waals surface area contributed by atoms with Crippen molar-refractivity contribution >= 4 is 17.2 Å². The Bertz CT molecular complexity index is 416. The first-order valence-corrected chi connectivity index (χ1v) is 6.60. The molecule has 1 heterocycles. The van der Waals surface area contributed by atoms with Crippen LogP contribution >= 0.6 is 12.2 Å². The molecule has 0 aromatic heterocycles. The summed E-state index contributed by atoms with van der Waals surface area (Å²) in [5, 5.41) is 0. The van der Waals surface area contributed by atoms with E-state index in [0.29, 0.717) is 11.0 Å². The molecule has 17 heavy (non-hydrogen) atoms. The monoisotopic (exact) mass is 248 g/mol. The molecule has 0 aliphatic carbocycles. The highest BCUT2D eigenvalue weighted by molar-refractivity contribution is 7.80. The van der Waals surface area contributed by atoms with Gasteiger partial charge in [-0.3, -0.25) is 4.90 Å². The second-order valence-electron chi connectivity index (χ2n) is 5.18. The molecule has 92 valence electrons. The highest BCUT2D eigenvalue weighted by atomic mass is 32.1. The molecule has 1 aromatic rings. The fraction of sp³-hybridized carbons (Fsp3) is 0.500. The summed E-state index contributed by atoms with van der Waals surface area (Å²) in [6, 6.07) is 8.95. The first-order chi connectivity index (χ1) is 8.06. The van der Waals surface area contributed by atoms with Gasteiger partial charge in [-0.1, -0.05) is 37.3 Å². The number of hydrogen-bond donors (Lipinski definition) is 1. The van der Waals surface area contributed by atoms with E-state index in [9.17, 15) is 0 Å². The Morgan fingerprint density at radius 2 is 2.24 bits per heavy atom. The Morgan fingerprint density at radius 3 is 2.82 bits per heavy atom. The SMILES string of the molecule is CC1CC(C)N(Cc2cccc(C(N)=S)c2)C1. The molecule has 2 atom stereocenters. The van der Waals surface area contributed by atoms with Crippen molar-refractivity contribution in [3.8, 4) is 0 Å². The van der Waals surface area contributed by atoms with Crippen LogP contribution in [0, 0.1) is 5.92 Å². The van der Waals surface area contributed by atoms with Gasteiger partial charge in [-0.25, -0.2) is 0 Å². The molecule has 0 radical (unpaired) electrons. The van der Waals surface area contributed by atoms with Crippen LogP contribution in [0.5, 0.6) is 0 Å². The standard InChI is InChI=1S/C14H20N2S/c1-10-6-11(2)16(8-10)9-12-4-3-5-13(7-12)14(15)17/h3-5,7,10-11H,6,8-9H2,1-2H3,(H2,15,17).